The Kier molecular flexibility index (Phi) is 4.02. The molecule has 1 heterocycles. The number of benzene rings is 1. The molecule has 0 aliphatic heterocycles. The van der Waals surface area contributed by atoms with E-state index in [0.717, 1.165) is 0 Å². The van der Waals surface area contributed by atoms with Crippen LogP contribution in [-0.4, -0.2) is 17.6 Å². The number of carbonyl (C=O) groups is 1. The fourth-order valence-corrected chi connectivity index (χ4v) is 1.92. The molecule has 1 aromatic heterocycles. The smallest absolute Gasteiger partial charge is 0.339 e. The highest BCUT2D eigenvalue weighted by Crippen LogP contribution is 2.25. The van der Waals surface area contributed by atoms with Gasteiger partial charge in [0.2, 0.25) is 0 Å². The quantitative estimate of drug-likeness (QED) is 0.639. The summed E-state index contributed by atoms with van der Waals surface area (Å²) in [6.07, 6.45) is 2.04. The van der Waals surface area contributed by atoms with E-state index < -0.39 is 5.97 Å². The van der Waals surface area contributed by atoms with Gasteiger partial charge in [-0.15, -0.1) is 0 Å². The van der Waals surface area contributed by atoms with Crippen LogP contribution >= 0.6 is 0 Å². The average molecular weight is 259 g/mol. The maximum atomic E-state index is 11.3. The minimum Gasteiger partial charge on any atom is -0.478 e. The Bertz CT molecular complexity index is 621. The van der Waals surface area contributed by atoms with Crippen molar-refractivity contribution in [2.45, 2.75) is 20.4 Å². The van der Waals surface area contributed by atoms with Gasteiger partial charge >= 0.3 is 5.97 Å². The Hall–Kier alpha value is -2.07. The molecule has 100 valence electrons. The van der Waals surface area contributed by atoms with Crippen molar-refractivity contribution in [2.24, 2.45) is 0 Å². The van der Waals surface area contributed by atoms with E-state index >= 15 is 0 Å². The molecule has 0 bridgehead atoms. The lowest BCUT2D eigenvalue weighted by atomic mass is 10.1. The second-order valence-electron chi connectivity index (χ2n) is 4.61. The fraction of sp³-hybridized carbons (Fsp3) is 0.267. The third-order valence-electron chi connectivity index (χ3n) is 2.82. The van der Waals surface area contributed by atoms with Gasteiger partial charge in [-0.25, -0.2) is 4.79 Å². The van der Waals surface area contributed by atoms with Crippen molar-refractivity contribution in [1.29, 1.82) is 0 Å². The predicted octanol–water partition coefficient (Wildman–Crippen LogP) is 3.19. The van der Waals surface area contributed by atoms with Gasteiger partial charge in [0.1, 0.15) is 16.9 Å². The molecule has 0 saturated heterocycles. The molecular formula is C15H17NO3. The van der Waals surface area contributed by atoms with Crippen LogP contribution in [0.15, 0.2) is 40.3 Å². The summed E-state index contributed by atoms with van der Waals surface area (Å²) < 4.78 is 5.60. The average Bonchev–Trinajstić information content (AvgIpc) is 2.72. The number of rotatable bonds is 5. The van der Waals surface area contributed by atoms with E-state index in [1.165, 1.54) is 5.57 Å². The molecule has 0 radical (unpaired) electrons. The lowest BCUT2D eigenvalue weighted by Crippen LogP contribution is -2.14. The number of furan rings is 1. The van der Waals surface area contributed by atoms with E-state index in [4.69, 9.17) is 4.42 Å². The molecule has 0 amide bonds. The highest BCUT2D eigenvalue weighted by molar-refractivity contribution is 6.03. The fourth-order valence-electron chi connectivity index (χ4n) is 1.92. The van der Waals surface area contributed by atoms with E-state index in [-0.39, 0.29) is 5.56 Å². The number of carboxylic acids is 1. The number of fused-ring (bicyclic) bond motifs is 1. The van der Waals surface area contributed by atoms with E-state index in [0.29, 0.717) is 29.8 Å². The van der Waals surface area contributed by atoms with Crippen molar-refractivity contribution < 1.29 is 14.3 Å². The van der Waals surface area contributed by atoms with Crippen molar-refractivity contribution in [3.63, 3.8) is 0 Å². The molecule has 0 aliphatic carbocycles. The van der Waals surface area contributed by atoms with Crippen molar-refractivity contribution in [3.05, 3.63) is 47.2 Å². The first-order valence-electron chi connectivity index (χ1n) is 6.17. The summed E-state index contributed by atoms with van der Waals surface area (Å²) in [5, 5.41) is 13.1. The molecule has 0 fully saturated rings. The topological polar surface area (TPSA) is 62.5 Å². The van der Waals surface area contributed by atoms with Crippen molar-refractivity contribution in [1.82, 2.24) is 5.32 Å². The third-order valence-corrected chi connectivity index (χ3v) is 2.82. The van der Waals surface area contributed by atoms with E-state index in [1.54, 1.807) is 12.1 Å². The molecule has 2 aromatic rings. The first-order chi connectivity index (χ1) is 9.09. The van der Waals surface area contributed by atoms with Crippen LogP contribution in [0.3, 0.4) is 0 Å². The number of hydrogen-bond donors (Lipinski definition) is 2. The summed E-state index contributed by atoms with van der Waals surface area (Å²) in [4.78, 5) is 11.3. The van der Waals surface area contributed by atoms with Gasteiger partial charge in [0, 0.05) is 11.9 Å². The summed E-state index contributed by atoms with van der Waals surface area (Å²) in [6, 6.07) is 7.19. The molecule has 0 atom stereocenters. The predicted molar refractivity (Wildman–Crippen MR) is 74.3 cm³/mol. The Morgan fingerprint density at radius 1 is 1.37 bits per heavy atom. The van der Waals surface area contributed by atoms with Crippen molar-refractivity contribution >= 4 is 16.9 Å². The Balaban J connectivity index is 2.24. The lowest BCUT2D eigenvalue weighted by Gasteiger charge is -2.00. The Morgan fingerprint density at radius 2 is 2.11 bits per heavy atom. The van der Waals surface area contributed by atoms with Crippen LogP contribution in [0, 0.1) is 0 Å². The van der Waals surface area contributed by atoms with Gasteiger partial charge in [-0.3, -0.25) is 0 Å². The molecule has 0 saturated carbocycles. The van der Waals surface area contributed by atoms with Gasteiger partial charge in [0.15, 0.2) is 0 Å². The van der Waals surface area contributed by atoms with Crippen LogP contribution in [0.1, 0.15) is 30.0 Å². The van der Waals surface area contributed by atoms with Crippen LogP contribution in [-0.2, 0) is 6.54 Å². The first-order valence-corrected chi connectivity index (χ1v) is 6.17. The number of hydrogen-bond acceptors (Lipinski definition) is 3. The molecular weight excluding hydrogens is 242 g/mol. The van der Waals surface area contributed by atoms with E-state index in [9.17, 15) is 9.90 Å². The van der Waals surface area contributed by atoms with Crippen LogP contribution in [0.25, 0.3) is 11.0 Å². The summed E-state index contributed by atoms with van der Waals surface area (Å²) in [6.45, 7) is 5.13. The molecule has 0 aliphatic rings. The normalized spacial score (nSPS) is 10.6. The molecule has 1 aromatic carbocycles. The van der Waals surface area contributed by atoms with Gasteiger partial charge in [0.25, 0.3) is 0 Å². The van der Waals surface area contributed by atoms with E-state index in [1.807, 2.05) is 32.1 Å². The summed E-state index contributed by atoms with van der Waals surface area (Å²) >= 11 is 0. The van der Waals surface area contributed by atoms with Crippen LogP contribution in [0.4, 0.5) is 0 Å². The van der Waals surface area contributed by atoms with E-state index in [2.05, 4.69) is 5.32 Å². The minimum atomic E-state index is -0.955. The molecule has 4 nitrogen and oxygen atoms in total. The SMILES string of the molecule is CC(C)=CCNCc1oc2ccccc2c1C(=O)O. The zero-order valence-corrected chi connectivity index (χ0v) is 11.1. The molecule has 0 unspecified atom stereocenters. The lowest BCUT2D eigenvalue weighted by molar-refractivity contribution is 0.0696. The molecule has 2 rings (SSSR count). The van der Waals surface area contributed by atoms with Gasteiger partial charge < -0.3 is 14.8 Å². The number of aromatic carboxylic acids is 1. The zero-order valence-electron chi connectivity index (χ0n) is 11.1. The summed E-state index contributed by atoms with van der Waals surface area (Å²) in [5.74, 6) is -0.486. The van der Waals surface area contributed by atoms with Gasteiger partial charge in [-0.2, -0.15) is 0 Å². The minimum absolute atomic E-state index is 0.250. The Morgan fingerprint density at radius 3 is 2.79 bits per heavy atom. The molecule has 4 heteroatoms. The number of para-hydroxylation sites is 1. The molecule has 19 heavy (non-hydrogen) atoms. The summed E-state index contributed by atoms with van der Waals surface area (Å²) in [7, 11) is 0. The third kappa shape index (κ3) is 3.03. The maximum Gasteiger partial charge on any atom is 0.339 e. The summed E-state index contributed by atoms with van der Waals surface area (Å²) in [5.41, 5.74) is 2.08. The van der Waals surface area contributed by atoms with Gasteiger partial charge in [-0.05, 0) is 19.9 Å². The van der Waals surface area contributed by atoms with Crippen molar-refractivity contribution in [2.75, 3.05) is 6.54 Å². The van der Waals surface area contributed by atoms with Crippen LogP contribution < -0.4 is 5.32 Å². The number of carboxylic acid groups (broad SMARTS) is 1. The van der Waals surface area contributed by atoms with Crippen LogP contribution in [0.5, 0.6) is 0 Å². The van der Waals surface area contributed by atoms with Gasteiger partial charge in [-0.1, -0.05) is 29.8 Å². The highest BCUT2D eigenvalue weighted by Gasteiger charge is 2.19. The highest BCUT2D eigenvalue weighted by atomic mass is 16.4. The largest absolute Gasteiger partial charge is 0.478 e. The second-order valence-corrected chi connectivity index (χ2v) is 4.61. The zero-order chi connectivity index (χ0) is 13.8. The second kappa shape index (κ2) is 5.71. The molecule has 2 N–H and O–H groups in total. The number of allylic oxidation sites excluding steroid dienone is 1. The maximum absolute atomic E-state index is 11.3. The number of nitrogens with one attached hydrogen (secondary N) is 1. The molecule has 0 spiro atoms. The standard InChI is InChI=1S/C15H17NO3/c1-10(2)7-8-16-9-13-14(15(17)18)11-5-3-4-6-12(11)19-13/h3-7,16H,8-9H2,1-2H3,(H,17,18). The first kappa shape index (κ1) is 13.4. The Labute approximate surface area is 111 Å². The van der Waals surface area contributed by atoms with Crippen molar-refractivity contribution in [3.8, 4) is 0 Å². The van der Waals surface area contributed by atoms with Gasteiger partial charge in [0.05, 0.1) is 6.54 Å². The van der Waals surface area contributed by atoms with Crippen LogP contribution in [0.2, 0.25) is 0 Å². The monoisotopic (exact) mass is 259 g/mol.